The maximum Gasteiger partial charge on any atom is 0.315 e. The van der Waals surface area contributed by atoms with Gasteiger partial charge < -0.3 is 31.3 Å². The van der Waals surface area contributed by atoms with Gasteiger partial charge >= 0.3 is 6.03 Å². The summed E-state index contributed by atoms with van der Waals surface area (Å²) in [4.78, 5) is 16.9. The number of urea groups is 1. The van der Waals surface area contributed by atoms with Crippen molar-refractivity contribution in [2.24, 2.45) is 17.1 Å². The maximum atomic E-state index is 12.5. The first-order valence-electron chi connectivity index (χ1n) is 15.6. The zero-order chi connectivity index (χ0) is 28.4. The van der Waals surface area contributed by atoms with Gasteiger partial charge in [0.1, 0.15) is 24.5 Å². The summed E-state index contributed by atoms with van der Waals surface area (Å²) in [6, 6.07) is 0.650. The number of nitrogens with two attached hydrogens (primary N) is 1. The molecule has 3 saturated heterocycles. The summed E-state index contributed by atoms with van der Waals surface area (Å²) < 4.78 is 6.32. The van der Waals surface area contributed by atoms with E-state index >= 15 is 0 Å². The molecule has 0 aromatic heterocycles. The molecule has 3 aliphatic heterocycles. The molecule has 2 saturated carbocycles. The first kappa shape index (κ1) is 30.4. The van der Waals surface area contributed by atoms with Gasteiger partial charge in [-0.25, -0.2) is 9.69 Å². The normalized spacial score (nSPS) is 39.2. The van der Waals surface area contributed by atoms with E-state index in [2.05, 4.69) is 52.3 Å². The quantitative estimate of drug-likeness (QED) is 0.172. The van der Waals surface area contributed by atoms with Crippen molar-refractivity contribution in [3.8, 4) is 0 Å². The van der Waals surface area contributed by atoms with E-state index in [1.54, 1.807) is 0 Å². The molecule has 40 heavy (non-hydrogen) atoms. The monoisotopic (exact) mass is 566 g/mol. The Morgan fingerprint density at radius 1 is 1.07 bits per heavy atom. The van der Waals surface area contributed by atoms with Gasteiger partial charge in [-0.05, 0) is 56.3 Å². The zero-order valence-corrected chi connectivity index (χ0v) is 24.6. The highest BCUT2D eigenvalue weighted by molar-refractivity contribution is 5.74. The molecule has 0 spiro atoms. The largest absolute Gasteiger partial charge is 0.387 e. The molecule has 5 rings (SSSR count). The van der Waals surface area contributed by atoms with Crippen LogP contribution in [-0.4, -0.2) is 114 Å². The molecule has 2 amide bonds. The number of carbonyl (C=O) groups is 1. The predicted molar refractivity (Wildman–Crippen MR) is 153 cm³/mol. The smallest absolute Gasteiger partial charge is 0.315 e. The number of nitrogens with one attached hydrogen (secondary N) is 5. The number of ether oxygens (including phenoxy) is 1. The van der Waals surface area contributed by atoms with Gasteiger partial charge in [-0.15, -0.1) is 0 Å². The number of rotatable bonds is 9. The van der Waals surface area contributed by atoms with Crippen molar-refractivity contribution >= 4 is 6.03 Å². The van der Waals surface area contributed by atoms with Crippen molar-refractivity contribution in [2.75, 3.05) is 33.0 Å². The van der Waals surface area contributed by atoms with Crippen LogP contribution in [0.5, 0.6) is 0 Å². The molecular formula is C28H54N8O4. The van der Waals surface area contributed by atoms with E-state index in [1.165, 1.54) is 19.3 Å². The highest BCUT2D eigenvalue weighted by atomic mass is 16.6. The van der Waals surface area contributed by atoms with Gasteiger partial charge in [0.2, 0.25) is 0 Å². The Kier molecular flexibility index (Phi) is 9.91. The summed E-state index contributed by atoms with van der Waals surface area (Å²) in [5, 5.41) is 38.1. The van der Waals surface area contributed by atoms with Crippen LogP contribution in [0.15, 0.2) is 0 Å². The van der Waals surface area contributed by atoms with E-state index in [4.69, 9.17) is 10.5 Å². The van der Waals surface area contributed by atoms with Crippen LogP contribution in [0.3, 0.4) is 0 Å². The predicted octanol–water partition coefficient (Wildman–Crippen LogP) is -0.426. The van der Waals surface area contributed by atoms with Crippen molar-refractivity contribution in [2.45, 2.75) is 127 Å². The molecule has 3 heterocycles. The minimum Gasteiger partial charge on any atom is -0.387 e. The lowest BCUT2D eigenvalue weighted by molar-refractivity contribution is -0.109. The van der Waals surface area contributed by atoms with Crippen LogP contribution < -0.4 is 32.3 Å². The third-order valence-corrected chi connectivity index (χ3v) is 10.1. The van der Waals surface area contributed by atoms with Gasteiger partial charge in [-0.3, -0.25) is 20.9 Å². The number of aliphatic hydroxyl groups excluding tert-OH is 2. The minimum atomic E-state index is -0.995. The standard InChI is InChI=1S/C28H54N8O4/c1-28(2,3)17-8-10-18(11-9-17)34-27(39)30-12-5-13-35(19-6-4-7-19)14-20-22(37)23(38)26(40-20)36-16-33-21-24(29)31-15-32-25(21)36/h17-26,31-33,37-38H,4-16,29H2,1-3H3,(H2,30,34,39)/t17?,18?,20-,21?,22-,23-,24?,25?,26-/m1/s1. The fourth-order valence-electron chi connectivity index (χ4n) is 7.24. The van der Waals surface area contributed by atoms with Crippen LogP contribution in [0.2, 0.25) is 0 Å². The van der Waals surface area contributed by atoms with Crippen LogP contribution in [0.25, 0.3) is 0 Å². The van der Waals surface area contributed by atoms with E-state index in [-0.39, 0.29) is 30.4 Å². The number of aliphatic hydroxyl groups is 2. The number of nitrogens with zero attached hydrogens (tertiary/aromatic N) is 2. The Labute approximate surface area is 239 Å². The molecule has 0 aromatic rings. The number of fused-ring (bicyclic) bond motifs is 1. The van der Waals surface area contributed by atoms with Crippen LogP contribution in [0.1, 0.15) is 72.1 Å². The molecule has 9 N–H and O–H groups in total. The van der Waals surface area contributed by atoms with Crippen LogP contribution in [-0.2, 0) is 4.74 Å². The van der Waals surface area contributed by atoms with Gasteiger partial charge in [0, 0.05) is 38.4 Å². The molecule has 2 aliphatic carbocycles. The number of amides is 2. The van der Waals surface area contributed by atoms with E-state index in [0.717, 1.165) is 44.6 Å². The summed E-state index contributed by atoms with van der Waals surface area (Å²) in [6.07, 6.45) is 5.45. The molecule has 3 unspecified atom stereocenters. The Balaban J connectivity index is 1.06. The lowest BCUT2D eigenvalue weighted by Gasteiger charge is -2.40. The van der Waals surface area contributed by atoms with Gasteiger partial charge in [0.05, 0.1) is 25.0 Å². The molecule has 0 radical (unpaired) electrons. The SMILES string of the molecule is CC(C)(C)C1CCC(NC(=O)NCCCN(C[C@H]2O[C@@H](N3CNC4C(N)NCNC43)[C@H](O)[C@@H]2O)C2CCC2)CC1. The van der Waals surface area contributed by atoms with Gasteiger partial charge in [-0.2, -0.15) is 0 Å². The first-order chi connectivity index (χ1) is 19.1. The molecule has 12 heteroatoms. The van der Waals surface area contributed by atoms with E-state index in [1.807, 2.05) is 4.90 Å². The van der Waals surface area contributed by atoms with E-state index in [9.17, 15) is 15.0 Å². The summed E-state index contributed by atoms with van der Waals surface area (Å²) in [5.74, 6) is 0.730. The molecule has 0 aromatic carbocycles. The highest BCUT2D eigenvalue weighted by Crippen LogP contribution is 2.37. The third-order valence-electron chi connectivity index (χ3n) is 10.1. The fraction of sp³-hybridized carbons (Fsp3) is 0.964. The number of carbonyl (C=O) groups excluding carboxylic acids is 1. The van der Waals surface area contributed by atoms with Gasteiger partial charge in [0.25, 0.3) is 0 Å². The van der Waals surface area contributed by atoms with Crippen molar-refractivity contribution in [3.05, 3.63) is 0 Å². The lowest BCUT2D eigenvalue weighted by atomic mass is 9.71. The Morgan fingerprint density at radius 3 is 2.50 bits per heavy atom. The van der Waals surface area contributed by atoms with Crippen molar-refractivity contribution in [1.82, 2.24) is 36.4 Å². The van der Waals surface area contributed by atoms with Crippen molar-refractivity contribution in [3.63, 3.8) is 0 Å². The summed E-state index contributed by atoms with van der Waals surface area (Å²) in [6.45, 7) is 10.0. The number of hydrogen-bond acceptors (Lipinski definition) is 10. The first-order valence-corrected chi connectivity index (χ1v) is 15.6. The second-order valence-electron chi connectivity index (χ2n) is 13.8. The summed E-state index contributed by atoms with van der Waals surface area (Å²) in [7, 11) is 0. The topological polar surface area (TPSA) is 159 Å². The summed E-state index contributed by atoms with van der Waals surface area (Å²) >= 11 is 0. The second-order valence-corrected chi connectivity index (χ2v) is 13.8. The second kappa shape index (κ2) is 13.0. The fourth-order valence-corrected chi connectivity index (χ4v) is 7.24. The van der Waals surface area contributed by atoms with Crippen LogP contribution in [0, 0.1) is 11.3 Å². The van der Waals surface area contributed by atoms with Crippen molar-refractivity contribution < 1.29 is 19.7 Å². The van der Waals surface area contributed by atoms with Crippen molar-refractivity contribution in [1.29, 1.82) is 0 Å². The molecule has 5 fully saturated rings. The Hall–Kier alpha value is -1.09. The van der Waals surface area contributed by atoms with Crippen LogP contribution in [0.4, 0.5) is 4.79 Å². The molecule has 0 bridgehead atoms. The van der Waals surface area contributed by atoms with Gasteiger partial charge in [-0.1, -0.05) is 27.2 Å². The van der Waals surface area contributed by atoms with Gasteiger partial charge in [0.15, 0.2) is 0 Å². The zero-order valence-electron chi connectivity index (χ0n) is 24.6. The maximum absolute atomic E-state index is 12.5. The molecule has 7 atom stereocenters. The van der Waals surface area contributed by atoms with Crippen LogP contribution >= 0.6 is 0 Å². The number of hydrogen-bond donors (Lipinski definition) is 8. The Bertz CT molecular complexity index is 834. The Morgan fingerprint density at radius 2 is 1.82 bits per heavy atom. The minimum absolute atomic E-state index is 0.00423. The average molecular weight is 567 g/mol. The highest BCUT2D eigenvalue weighted by Gasteiger charge is 2.52. The molecule has 5 aliphatic rings. The molecule has 12 nitrogen and oxygen atoms in total. The molecular weight excluding hydrogens is 512 g/mol. The van der Waals surface area contributed by atoms with E-state index < -0.39 is 24.5 Å². The summed E-state index contributed by atoms with van der Waals surface area (Å²) in [5.41, 5.74) is 6.54. The third kappa shape index (κ3) is 6.92. The van der Waals surface area contributed by atoms with E-state index in [0.29, 0.717) is 37.9 Å². The average Bonchev–Trinajstić information content (AvgIpc) is 3.42. The lowest BCUT2D eigenvalue weighted by Crippen LogP contribution is -2.68. The molecule has 230 valence electrons.